The molecule has 136 valence electrons. The summed E-state index contributed by atoms with van der Waals surface area (Å²) in [7, 11) is 0. The lowest BCUT2D eigenvalue weighted by atomic mass is 9.89. The number of nitrogens with two attached hydrogens (primary N) is 2. The highest BCUT2D eigenvalue weighted by atomic mass is 35.5. The largest absolute Gasteiger partial charge is 0.486 e. The first-order chi connectivity index (χ1) is 12.5. The molecule has 0 saturated carbocycles. The molecule has 2 atom stereocenters. The van der Waals surface area contributed by atoms with E-state index in [1.54, 1.807) is 18.2 Å². The van der Waals surface area contributed by atoms with Crippen molar-refractivity contribution in [2.75, 3.05) is 18.9 Å². The Morgan fingerprint density at radius 1 is 1.35 bits per heavy atom. The molecule has 2 aromatic rings. The number of nitrogen functional groups attached to an aromatic ring is 1. The Morgan fingerprint density at radius 2 is 2.19 bits per heavy atom. The standard InChI is InChI=1S/C18H18ClFN4O2/c19-13-5-10(1-2-14(13)20)18(22)12-6-15(21)17(7-16(12)23-9-24-18)26-11-3-4-25-8-11/h1-2,5-7,9,11H,3-4,8,21-22H2,(H,23,24). The van der Waals surface area contributed by atoms with Crippen LogP contribution in [0.15, 0.2) is 35.3 Å². The van der Waals surface area contributed by atoms with Crippen LogP contribution in [0.5, 0.6) is 5.75 Å². The molecule has 6 nitrogen and oxygen atoms in total. The molecule has 0 spiro atoms. The molecule has 4 rings (SSSR count). The Hall–Kier alpha value is -2.35. The number of fused-ring (bicyclic) bond motifs is 1. The third-order valence-electron chi connectivity index (χ3n) is 4.61. The molecule has 2 heterocycles. The summed E-state index contributed by atoms with van der Waals surface area (Å²) in [6.45, 7) is 1.21. The van der Waals surface area contributed by atoms with E-state index in [1.807, 2.05) is 0 Å². The quantitative estimate of drug-likeness (QED) is 0.716. The molecule has 0 aromatic heterocycles. The normalized spacial score (nSPS) is 24.2. The molecule has 1 saturated heterocycles. The molecular weight excluding hydrogens is 359 g/mol. The molecule has 0 bridgehead atoms. The number of hydrogen-bond donors (Lipinski definition) is 3. The molecule has 26 heavy (non-hydrogen) atoms. The number of ether oxygens (including phenoxy) is 2. The first kappa shape index (κ1) is 17.1. The average molecular weight is 377 g/mol. The maximum absolute atomic E-state index is 13.5. The summed E-state index contributed by atoms with van der Waals surface area (Å²) in [5.41, 5.74) is 13.9. The monoisotopic (exact) mass is 376 g/mol. The average Bonchev–Trinajstić information content (AvgIpc) is 3.12. The fourth-order valence-corrected chi connectivity index (χ4v) is 3.34. The van der Waals surface area contributed by atoms with E-state index in [2.05, 4.69) is 10.3 Å². The number of nitrogens with one attached hydrogen (secondary N) is 1. The van der Waals surface area contributed by atoms with Gasteiger partial charge in [0.15, 0.2) is 0 Å². The molecule has 0 radical (unpaired) electrons. The number of rotatable bonds is 3. The van der Waals surface area contributed by atoms with Gasteiger partial charge in [-0.05, 0) is 23.8 Å². The van der Waals surface area contributed by atoms with Gasteiger partial charge in [-0.2, -0.15) is 0 Å². The van der Waals surface area contributed by atoms with E-state index < -0.39 is 11.5 Å². The fourth-order valence-electron chi connectivity index (χ4n) is 3.16. The van der Waals surface area contributed by atoms with Crippen molar-refractivity contribution in [2.45, 2.75) is 18.2 Å². The van der Waals surface area contributed by atoms with Crippen molar-refractivity contribution in [1.29, 1.82) is 0 Å². The Kier molecular flexibility index (Phi) is 4.22. The van der Waals surface area contributed by atoms with Gasteiger partial charge in [0, 0.05) is 18.1 Å². The number of benzene rings is 2. The summed E-state index contributed by atoms with van der Waals surface area (Å²) in [6.07, 6.45) is 2.29. The number of aliphatic imine (C=N–C) groups is 1. The van der Waals surface area contributed by atoms with Gasteiger partial charge >= 0.3 is 0 Å². The van der Waals surface area contributed by atoms with Gasteiger partial charge in [0.05, 0.1) is 35.9 Å². The zero-order valence-corrected chi connectivity index (χ0v) is 14.6. The summed E-state index contributed by atoms with van der Waals surface area (Å²) >= 11 is 5.93. The lowest BCUT2D eigenvalue weighted by Crippen LogP contribution is -2.52. The Balaban J connectivity index is 1.74. The van der Waals surface area contributed by atoms with E-state index >= 15 is 0 Å². The van der Waals surface area contributed by atoms with Gasteiger partial charge < -0.3 is 26.3 Å². The molecule has 0 amide bonds. The van der Waals surface area contributed by atoms with Crippen molar-refractivity contribution >= 4 is 29.3 Å². The topological polar surface area (TPSA) is 94.9 Å². The van der Waals surface area contributed by atoms with Crippen molar-refractivity contribution in [3.63, 3.8) is 0 Å². The molecule has 2 unspecified atom stereocenters. The molecule has 2 aliphatic rings. The third-order valence-corrected chi connectivity index (χ3v) is 4.89. The first-order valence-electron chi connectivity index (χ1n) is 8.20. The van der Waals surface area contributed by atoms with Gasteiger partial charge in [0.1, 0.15) is 23.3 Å². The first-order valence-corrected chi connectivity index (χ1v) is 8.58. The van der Waals surface area contributed by atoms with Gasteiger partial charge in [-0.15, -0.1) is 0 Å². The van der Waals surface area contributed by atoms with E-state index in [-0.39, 0.29) is 11.1 Å². The second-order valence-electron chi connectivity index (χ2n) is 6.35. The summed E-state index contributed by atoms with van der Waals surface area (Å²) in [4.78, 5) is 4.34. The van der Waals surface area contributed by atoms with Crippen LogP contribution in [0.2, 0.25) is 5.02 Å². The molecule has 5 N–H and O–H groups in total. The Labute approximate surface area is 154 Å². The summed E-state index contributed by atoms with van der Waals surface area (Å²) in [5, 5.41) is 3.02. The lowest BCUT2D eigenvalue weighted by molar-refractivity contribution is 0.142. The minimum absolute atomic E-state index is 0.00709. The number of hydrogen-bond acceptors (Lipinski definition) is 6. The maximum Gasteiger partial charge on any atom is 0.144 e. The number of anilines is 1. The van der Waals surface area contributed by atoms with Crippen LogP contribution in [0.25, 0.3) is 0 Å². The van der Waals surface area contributed by atoms with Crippen LogP contribution in [-0.4, -0.2) is 25.7 Å². The van der Waals surface area contributed by atoms with Crippen molar-refractivity contribution in [1.82, 2.24) is 5.32 Å². The van der Waals surface area contributed by atoms with E-state index in [1.165, 1.54) is 18.5 Å². The predicted octanol–water partition coefficient (Wildman–Crippen LogP) is 2.65. The molecule has 2 aromatic carbocycles. The highest BCUT2D eigenvalue weighted by Crippen LogP contribution is 2.40. The molecule has 2 aliphatic heterocycles. The zero-order valence-electron chi connectivity index (χ0n) is 13.8. The van der Waals surface area contributed by atoms with E-state index in [9.17, 15) is 4.39 Å². The van der Waals surface area contributed by atoms with Crippen molar-refractivity contribution in [3.8, 4) is 5.75 Å². The molecule has 1 fully saturated rings. The van der Waals surface area contributed by atoms with Gasteiger partial charge in [0.25, 0.3) is 0 Å². The summed E-state index contributed by atoms with van der Waals surface area (Å²) < 4.78 is 24.8. The van der Waals surface area contributed by atoms with Crippen LogP contribution in [-0.2, 0) is 10.4 Å². The summed E-state index contributed by atoms with van der Waals surface area (Å²) in [5.74, 6) is 0.0311. The second kappa shape index (κ2) is 6.42. The van der Waals surface area contributed by atoms with E-state index in [0.717, 1.165) is 6.42 Å². The van der Waals surface area contributed by atoms with Crippen LogP contribution in [0, 0.1) is 5.82 Å². The molecule has 0 aliphatic carbocycles. The van der Waals surface area contributed by atoms with Crippen molar-refractivity contribution < 1.29 is 13.9 Å². The van der Waals surface area contributed by atoms with Crippen molar-refractivity contribution in [3.05, 3.63) is 52.3 Å². The number of nitrogens with zero attached hydrogens (tertiary/aromatic N) is 1. The van der Waals surface area contributed by atoms with Gasteiger partial charge in [-0.25, -0.2) is 9.38 Å². The summed E-state index contributed by atoms with van der Waals surface area (Å²) in [6, 6.07) is 7.82. The molecule has 8 heteroatoms. The molecular formula is C18H18ClFN4O2. The maximum atomic E-state index is 13.5. The van der Waals surface area contributed by atoms with Crippen LogP contribution in [0.4, 0.5) is 15.8 Å². The third kappa shape index (κ3) is 2.88. The highest BCUT2D eigenvalue weighted by molar-refractivity contribution is 6.30. The minimum Gasteiger partial charge on any atom is -0.486 e. The SMILES string of the molecule is Nc1cc2c(cc1OC1CCOC1)N=CNC2(N)c1ccc(F)c(Cl)c1. The lowest BCUT2D eigenvalue weighted by Gasteiger charge is -2.35. The predicted molar refractivity (Wildman–Crippen MR) is 98.4 cm³/mol. The van der Waals surface area contributed by atoms with E-state index in [4.69, 9.17) is 32.5 Å². The van der Waals surface area contributed by atoms with Gasteiger partial charge in [-0.1, -0.05) is 17.7 Å². The van der Waals surface area contributed by atoms with Crippen LogP contribution < -0.4 is 21.5 Å². The van der Waals surface area contributed by atoms with Crippen molar-refractivity contribution in [2.24, 2.45) is 10.7 Å². The fraction of sp³-hybridized carbons (Fsp3) is 0.278. The zero-order chi connectivity index (χ0) is 18.3. The van der Waals surface area contributed by atoms with Crippen LogP contribution in [0.3, 0.4) is 0 Å². The van der Waals surface area contributed by atoms with Gasteiger partial charge in [-0.3, -0.25) is 0 Å². The number of halogens is 2. The Morgan fingerprint density at radius 3 is 2.92 bits per heavy atom. The second-order valence-corrected chi connectivity index (χ2v) is 6.76. The Bertz CT molecular complexity index is 886. The van der Waals surface area contributed by atoms with Crippen LogP contribution in [0.1, 0.15) is 17.5 Å². The minimum atomic E-state index is -1.14. The van der Waals surface area contributed by atoms with E-state index in [0.29, 0.717) is 41.5 Å². The van der Waals surface area contributed by atoms with Gasteiger partial charge in [0.2, 0.25) is 0 Å². The highest BCUT2D eigenvalue weighted by Gasteiger charge is 2.35. The smallest absolute Gasteiger partial charge is 0.144 e. The van der Waals surface area contributed by atoms with Crippen LogP contribution >= 0.6 is 11.6 Å².